The molecule has 0 aromatic carbocycles. The first kappa shape index (κ1) is 74.4. The van der Waals surface area contributed by atoms with Crippen molar-refractivity contribution in [2.24, 2.45) is 0 Å². The zero-order chi connectivity index (χ0) is 68.1. The lowest BCUT2D eigenvalue weighted by molar-refractivity contribution is 0.00578. The largest absolute Gasteiger partial charge is 0.498 e. The van der Waals surface area contributed by atoms with Crippen molar-refractivity contribution in [1.29, 1.82) is 0 Å². The van der Waals surface area contributed by atoms with E-state index in [0.29, 0.717) is 17.5 Å². The van der Waals surface area contributed by atoms with Crippen molar-refractivity contribution in [3.63, 3.8) is 0 Å². The van der Waals surface area contributed by atoms with Crippen LogP contribution in [0.15, 0.2) is 140 Å². The molecule has 0 amide bonds. The van der Waals surface area contributed by atoms with E-state index in [9.17, 15) is 0 Å². The summed E-state index contributed by atoms with van der Waals surface area (Å²) in [6.07, 6.45) is 33.8. The number of H-pyrrole nitrogens is 3. The Morgan fingerprint density at radius 1 is 0.535 bits per heavy atom. The second-order valence-corrected chi connectivity index (χ2v) is 29.3. The normalized spacial score (nSPS) is 20.1. The molecule has 0 bridgehead atoms. The van der Waals surface area contributed by atoms with Crippen molar-refractivity contribution in [2.45, 2.75) is 182 Å². The highest BCUT2D eigenvalue weighted by molar-refractivity contribution is 9.10. The number of likely N-dealkylation sites (N-methyl/N-ethyl adjacent to an activating group) is 2. The number of piperidine rings is 1. The van der Waals surface area contributed by atoms with Crippen LogP contribution in [0.3, 0.4) is 0 Å². The summed E-state index contributed by atoms with van der Waals surface area (Å²) in [4.78, 5) is 40.7. The molecule has 3 unspecified atom stereocenters. The van der Waals surface area contributed by atoms with Crippen molar-refractivity contribution in [3.05, 3.63) is 140 Å². The fourth-order valence-electron chi connectivity index (χ4n) is 13.1. The highest BCUT2D eigenvalue weighted by atomic mass is 79.9. The molecular weight excluding hydrogens is 1330 g/mol. The molecular formula is C74H99B2BrClN17O4. The van der Waals surface area contributed by atoms with Gasteiger partial charge in [0.25, 0.3) is 0 Å². The number of halogens is 2. The molecule has 16 heterocycles. The lowest BCUT2D eigenvalue weighted by Crippen LogP contribution is -2.41. The van der Waals surface area contributed by atoms with Gasteiger partial charge in [0.05, 0.1) is 76.5 Å². The van der Waals surface area contributed by atoms with Gasteiger partial charge in [-0.3, -0.25) is 44.2 Å². The van der Waals surface area contributed by atoms with Gasteiger partial charge in [0, 0.05) is 151 Å². The molecule has 25 heteroatoms. The maximum absolute atomic E-state index is 6.09. The molecule has 0 saturated carbocycles. The highest BCUT2D eigenvalue weighted by Crippen LogP contribution is 2.38. The van der Waals surface area contributed by atoms with Gasteiger partial charge >= 0.3 is 14.2 Å². The molecule has 524 valence electrons. The molecule has 0 radical (unpaired) electrons. The van der Waals surface area contributed by atoms with E-state index >= 15 is 0 Å². The Kier molecular flexibility index (Phi) is 24.2. The van der Waals surface area contributed by atoms with Gasteiger partial charge in [-0.15, -0.1) is 11.6 Å². The standard InChI is InChI=1S/C25H25N7.C16H28BN3O2.C15H9BrN4.C9H15BN2O2.C7H14ClN.2CH4/c1-2-31-8-4-6-20(31)16-32-15-19(13-29-32)18-9-22-21-10-23(17-5-3-7-26-11-17)27-14-24(21)30-25(22)28-12-18;1-6-19-9-7-8-14(19)12-20-11-13(10-18-20)17-21-15(2,3)16(4,5)22-17;16-10-4-12-11-5-13(9-2-1-3-17-6-9)18-8-14(11)20-15(12)19-7-10;1-8(2)9(3,4)14-10(13-8)7-5-11-12-6-7;1-2-9-5-3-4-7(8)6-9;;/h3,5,7,9-15,20H,2,4,6,8,16H2,1H3,(H,28,30);10-11,14H,6-9,12H2,1-5H3;1-8H,(H,19,20);5-6H,1-4H3,(H,11,12);7H,2-6H2,1H3;2*1H4. The maximum Gasteiger partial charge on any atom is 0.498 e. The second kappa shape index (κ2) is 32.2. The van der Waals surface area contributed by atoms with E-state index in [1.807, 2.05) is 100 Å². The second-order valence-electron chi connectivity index (χ2n) is 27.8. The zero-order valence-electron chi connectivity index (χ0n) is 57.8. The molecule has 5 aliphatic heterocycles. The summed E-state index contributed by atoms with van der Waals surface area (Å²) in [7, 11) is -0.622. The first-order chi connectivity index (χ1) is 46.7. The molecule has 5 fully saturated rings. The van der Waals surface area contributed by atoms with Crippen molar-refractivity contribution in [3.8, 4) is 33.6 Å². The molecule has 5 saturated heterocycles. The molecule has 21 nitrogen and oxygen atoms in total. The molecule has 3 N–H and O–H groups in total. The third-order valence-electron chi connectivity index (χ3n) is 20.2. The van der Waals surface area contributed by atoms with Crippen LogP contribution in [-0.4, -0.2) is 184 Å². The predicted molar refractivity (Wildman–Crippen MR) is 405 cm³/mol. The average molecular weight is 1430 g/mol. The first-order valence-electron chi connectivity index (χ1n) is 34.3. The van der Waals surface area contributed by atoms with E-state index < -0.39 is 0 Å². The SMILES string of the molecule is Brc1cnc2[nH]c3cnc(-c4cccnc4)cc3c2c1.C.C.CC1(C)OB(c2cn[nH]c2)OC1(C)C.CCN1CCCC(Cl)C1.CCN1CCCC1Cn1cc(-c2cnc3[nH]c4cnc(-c5cccnc5)cc4c3c2)cn1.CCN1CCCC1Cn1cc(B2OC(C)(C)C(C)(C)O2)cn1. The van der Waals surface area contributed by atoms with Crippen LogP contribution in [0.2, 0.25) is 0 Å². The number of aromatic nitrogens is 14. The van der Waals surface area contributed by atoms with Crippen LogP contribution in [0, 0.1) is 0 Å². The van der Waals surface area contributed by atoms with Crippen LogP contribution in [-0.2, 0) is 31.7 Å². The molecule has 0 aliphatic carbocycles. The van der Waals surface area contributed by atoms with Gasteiger partial charge in [0.2, 0.25) is 0 Å². The van der Waals surface area contributed by atoms with Crippen molar-refractivity contribution in [2.75, 3.05) is 45.8 Å². The number of likely N-dealkylation sites (tertiary alicyclic amines) is 3. The molecule has 11 aromatic heterocycles. The third kappa shape index (κ3) is 17.2. The van der Waals surface area contributed by atoms with E-state index in [4.69, 9.17) is 35.2 Å². The topological polar surface area (TPSA) is 220 Å². The number of hydrogen-bond donors (Lipinski definition) is 3. The average Bonchev–Trinajstić information content (AvgIpc) is 1.65. The van der Waals surface area contributed by atoms with Crippen LogP contribution >= 0.6 is 27.5 Å². The van der Waals surface area contributed by atoms with Crippen molar-refractivity contribution < 1.29 is 18.6 Å². The molecule has 3 atom stereocenters. The van der Waals surface area contributed by atoms with Crippen LogP contribution < -0.4 is 10.9 Å². The molecule has 5 aliphatic rings. The quantitative estimate of drug-likeness (QED) is 0.0765. The predicted octanol–water partition coefficient (Wildman–Crippen LogP) is 13.8. The first-order valence-corrected chi connectivity index (χ1v) is 35.5. The minimum absolute atomic E-state index is 0. The summed E-state index contributed by atoms with van der Waals surface area (Å²) in [6, 6.07) is 17.5. The minimum Gasteiger partial charge on any atom is -0.399 e. The van der Waals surface area contributed by atoms with E-state index in [1.54, 1.807) is 31.0 Å². The number of nitrogens with zero attached hydrogens (tertiary/aromatic N) is 14. The molecule has 0 spiro atoms. The fraction of sp³-hybridized carbons (Fsp3) is 0.473. The summed E-state index contributed by atoms with van der Waals surface area (Å²) in [6.45, 7) is 33.2. The lowest BCUT2D eigenvalue weighted by Gasteiger charge is -2.32. The maximum atomic E-state index is 6.09. The van der Waals surface area contributed by atoms with Gasteiger partial charge in [-0.2, -0.15) is 15.3 Å². The lowest BCUT2D eigenvalue weighted by atomic mass is 9.82. The fourth-order valence-corrected chi connectivity index (χ4v) is 13.8. The summed E-state index contributed by atoms with van der Waals surface area (Å²) >= 11 is 9.41. The van der Waals surface area contributed by atoms with E-state index in [-0.39, 0.29) is 51.5 Å². The Bertz CT molecular complexity index is 4340. The van der Waals surface area contributed by atoms with Gasteiger partial charge < -0.3 is 33.5 Å². The zero-order valence-corrected chi connectivity index (χ0v) is 60.2. The molecule has 11 aromatic rings. The van der Waals surface area contributed by atoms with Crippen LogP contribution in [0.1, 0.15) is 130 Å². The van der Waals surface area contributed by atoms with Crippen LogP contribution in [0.4, 0.5) is 0 Å². The Labute approximate surface area is 597 Å². The van der Waals surface area contributed by atoms with Gasteiger partial charge in [-0.1, -0.05) is 35.6 Å². The number of hydrogen-bond acceptors (Lipinski definition) is 16. The summed E-state index contributed by atoms with van der Waals surface area (Å²) in [5.74, 6) is 0. The van der Waals surface area contributed by atoms with Gasteiger partial charge in [0.1, 0.15) is 11.3 Å². The van der Waals surface area contributed by atoms with Gasteiger partial charge in [-0.05, 0) is 198 Å². The van der Waals surface area contributed by atoms with Crippen LogP contribution in [0.5, 0.6) is 0 Å². The minimum atomic E-state index is -0.315. The van der Waals surface area contributed by atoms with E-state index in [0.717, 1.165) is 132 Å². The molecule has 16 rings (SSSR count). The van der Waals surface area contributed by atoms with Crippen LogP contribution in [0.25, 0.3) is 77.5 Å². The van der Waals surface area contributed by atoms with Crippen molar-refractivity contribution >= 4 is 96.6 Å². The Balaban J connectivity index is 0.000000141. The van der Waals surface area contributed by atoms with E-state index in [2.05, 4.69) is 176 Å². The number of aromatic amines is 3. The van der Waals surface area contributed by atoms with Crippen molar-refractivity contribution in [1.82, 2.24) is 84.3 Å². The summed E-state index contributed by atoms with van der Waals surface area (Å²) in [5, 5.41) is 20.6. The number of fused-ring (bicyclic) bond motifs is 6. The highest BCUT2D eigenvalue weighted by Gasteiger charge is 2.53. The number of alkyl halides is 1. The Morgan fingerprint density at radius 2 is 1.05 bits per heavy atom. The number of pyridine rings is 6. The smallest absolute Gasteiger partial charge is 0.399 e. The molecule has 99 heavy (non-hydrogen) atoms. The Hall–Kier alpha value is -7.25. The third-order valence-corrected chi connectivity index (χ3v) is 21.0. The monoisotopic (exact) mass is 1430 g/mol. The van der Waals surface area contributed by atoms with Gasteiger partial charge in [0.15, 0.2) is 0 Å². The number of rotatable bonds is 12. The Morgan fingerprint density at radius 3 is 1.55 bits per heavy atom. The van der Waals surface area contributed by atoms with Gasteiger partial charge in [-0.25, -0.2) is 9.97 Å². The van der Waals surface area contributed by atoms with E-state index in [1.165, 1.54) is 58.2 Å². The number of nitrogens with one attached hydrogen (secondary N) is 3. The summed E-state index contributed by atoms with van der Waals surface area (Å²) < 4.78 is 28.9. The summed E-state index contributed by atoms with van der Waals surface area (Å²) in [5.41, 5.74) is 10.5.